The third-order valence-corrected chi connectivity index (χ3v) is 5.65. The van der Waals surface area contributed by atoms with Gasteiger partial charge in [-0.05, 0) is 37.8 Å². The molecule has 1 amide bonds. The first-order valence-corrected chi connectivity index (χ1v) is 8.68. The Morgan fingerprint density at radius 2 is 1.79 bits per heavy atom. The van der Waals surface area contributed by atoms with Crippen molar-refractivity contribution in [2.24, 2.45) is 5.41 Å². The summed E-state index contributed by atoms with van der Waals surface area (Å²) in [5, 5.41) is 0. The molecule has 1 aliphatic heterocycles. The van der Waals surface area contributed by atoms with Crippen LogP contribution in [0.2, 0.25) is 0 Å². The first kappa shape index (κ1) is 17.1. The summed E-state index contributed by atoms with van der Waals surface area (Å²) in [7, 11) is 4.96. The zero-order chi connectivity index (χ0) is 17.2. The standard InChI is InChI=1S/C19H27NO4/c1-22-14-7-4-8-15(23-2)17(14)18(21)20-12-6-11-19(13-20)10-5-9-16(19)24-3/h4,7-8,16H,5-6,9-13H2,1-3H3/t16-,19+/m1/s1. The molecule has 0 aromatic heterocycles. The summed E-state index contributed by atoms with van der Waals surface area (Å²) in [6.07, 6.45) is 5.82. The second-order valence-corrected chi connectivity index (χ2v) is 6.85. The molecule has 1 aromatic carbocycles. The van der Waals surface area contributed by atoms with Gasteiger partial charge < -0.3 is 19.1 Å². The lowest BCUT2D eigenvalue weighted by Gasteiger charge is -2.43. The second kappa shape index (κ2) is 7.01. The summed E-state index contributed by atoms with van der Waals surface area (Å²) in [6.45, 7) is 1.53. The molecule has 132 valence electrons. The van der Waals surface area contributed by atoms with E-state index in [1.807, 2.05) is 23.1 Å². The highest BCUT2D eigenvalue weighted by Crippen LogP contribution is 2.47. The molecule has 5 heteroatoms. The Hall–Kier alpha value is -1.75. The average Bonchev–Trinajstić information content (AvgIpc) is 3.01. The molecule has 1 heterocycles. The monoisotopic (exact) mass is 333 g/mol. The topological polar surface area (TPSA) is 48.0 Å². The van der Waals surface area contributed by atoms with Crippen molar-refractivity contribution in [2.75, 3.05) is 34.4 Å². The Morgan fingerprint density at radius 3 is 2.42 bits per heavy atom. The van der Waals surface area contributed by atoms with Gasteiger partial charge in [-0.3, -0.25) is 4.79 Å². The third-order valence-electron chi connectivity index (χ3n) is 5.65. The Balaban J connectivity index is 1.88. The quantitative estimate of drug-likeness (QED) is 0.849. The van der Waals surface area contributed by atoms with Crippen LogP contribution in [0, 0.1) is 5.41 Å². The van der Waals surface area contributed by atoms with Gasteiger partial charge in [0.15, 0.2) is 0 Å². The summed E-state index contributed by atoms with van der Waals surface area (Å²) in [6, 6.07) is 5.45. The number of carbonyl (C=O) groups excluding carboxylic acids is 1. The predicted octanol–water partition coefficient (Wildman–Crippen LogP) is 3.13. The van der Waals surface area contributed by atoms with Gasteiger partial charge in [0.1, 0.15) is 17.1 Å². The van der Waals surface area contributed by atoms with Crippen LogP contribution in [0.3, 0.4) is 0 Å². The zero-order valence-corrected chi connectivity index (χ0v) is 14.8. The van der Waals surface area contributed by atoms with Crippen molar-refractivity contribution in [3.05, 3.63) is 23.8 Å². The SMILES string of the molecule is COc1cccc(OC)c1C(=O)N1CCC[C@@]2(CCC[C@H]2OC)C1. The van der Waals surface area contributed by atoms with Crippen LogP contribution in [0.4, 0.5) is 0 Å². The number of methoxy groups -OCH3 is 3. The number of ether oxygens (including phenoxy) is 3. The molecular formula is C19H27NO4. The fourth-order valence-corrected chi connectivity index (χ4v) is 4.50. The van der Waals surface area contributed by atoms with E-state index in [0.717, 1.165) is 38.8 Å². The Labute approximate surface area is 143 Å². The van der Waals surface area contributed by atoms with Crippen LogP contribution >= 0.6 is 0 Å². The molecule has 3 rings (SSSR count). The van der Waals surface area contributed by atoms with Crippen molar-refractivity contribution >= 4 is 5.91 Å². The van der Waals surface area contributed by atoms with Crippen LogP contribution < -0.4 is 9.47 Å². The number of hydrogen-bond donors (Lipinski definition) is 0. The number of piperidine rings is 1. The molecule has 1 saturated carbocycles. The van der Waals surface area contributed by atoms with Crippen molar-refractivity contribution < 1.29 is 19.0 Å². The van der Waals surface area contributed by atoms with Crippen LogP contribution in [0.1, 0.15) is 42.5 Å². The average molecular weight is 333 g/mol. The number of likely N-dealkylation sites (tertiary alicyclic amines) is 1. The number of nitrogens with zero attached hydrogens (tertiary/aromatic N) is 1. The van der Waals surface area contributed by atoms with Crippen LogP contribution in [0.5, 0.6) is 11.5 Å². The van der Waals surface area contributed by atoms with Crippen molar-refractivity contribution in [1.29, 1.82) is 0 Å². The van der Waals surface area contributed by atoms with E-state index in [4.69, 9.17) is 14.2 Å². The minimum Gasteiger partial charge on any atom is -0.496 e. The van der Waals surface area contributed by atoms with Gasteiger partial charge in [0, 0.05) is 25.6 Å². The van der Waals surface area contributed by atoms with Crippen LogP contribution in [-0.2, 0) is 4.74 Å². The molecule has 2 atom stereocenters. The van der Waals surface area contributed by atoms with Crippen molar-refractivity contribution in [2.45, 2.75) is 38.2 Å². The van der Waals surface area contributed by atoms with Gasteiger partial charge >= 0.3 is 0 Å². The first-order valence-electron chi connectivity index (χ1n) is 8.68. The van der Waals surface area contributed by atoms with E-state index in [1.54, 1.807) is 21.3 Å². The summed E-state index contributed by atoms with van der Waals surface area (Å²) in [5.74, 6) is 1.12. The first-order chi connectivity index (χ1) is 11.6. The summed E-state index contributed by atoms with van der Waals surface area (Å²) < 4.78 is 16.6. The lowest BCUT2D eigenvalue weighted by molar-refractivity contribution is -0.0296. The number of carbonyl (C=O) groups is 1. The fourth-order valence-electron chi connectivity index (χ4n) is 4.50. The molecule has 1 aliphatic carbocycles. The minimum absolute atomic E-state index is 0.00914. The van der Waals surface area contributed by atoms with E-state index < -0.39 is 0 Å². The van der Waals surface area contributed by atoms with E-state index >= 15 is 0 Å². The maximum absolute atomic E-state index is 13.2. The van der Waals surface area contributed by atoms with Gasteiger partial charge in [-0.25, -0.2) is 0 Å². The predicted molar refractivity (Wildman–Crippen MR) is 91.8 cm³/mol. The van der Waals surface area contributed by atoms with Crippen LogP contribution in [-0.4, -0.2) is 51.3 Å². The third kappa shape index (κ3) is 2.86. The molecule has 0 unspecified atom stereocenters. The normalized spacial score (nSPS) is 26.6. The molecule has 0 bridgehead atoms. The molecule has 0 radical (unpaired) electrons. The Kier molecular flexibility index (Phi) is 4.99. The van der Waals surface area contributed by atoms with E-state index in [1.165, 1.54) is 6.42 Å². The fraction of sp³-hybridized carbons (Fsp3) is 0.632. The number of amides is 1. The van der Waals surface area contributed by atoms with Crippen LogP contribution in [0.15, 0.2) is 18.2 Å². The highest BCUT2D eigenvalue weighted by molar-refractivity contribution is 5.99. The van der Waals surface area contributed by atoms with Gasteiger partial charge in [0.05, 0.1) is 20.3 Å². The van der Waals surface area contributed by atoms with Gasteiger partial charge in [0.25, 0.3) is 5.91 Å². The van der Waals surface area contributed by atoms with Gasteiger partial charge in [-0.1, -0.05) is 12.5 Å². The smallest absolute Gasteiger partial charge is 0.261 e. The van der Waals surface area contributed by atoms with E-state index in [-0.39, 0.29) is 17.4 Å². The highest BCUT2D eigenvalue weighted by Gasteiger charge is 2.47. The number of rotatable bonds is 4. The summed E-state index contributed by atoms with van der Waals surface area (Å²) in [4.78, 5) is 15.2. The van der Waals surface area contributed by atoms with E-state index in [2.05, 4.69) is 0 Å². The Morgan fingerprint density at radius 1 is 1.12 bits per heavy atom. The van der Waals surface area contributed by atoms with Crippen molar-refractivity contribution in [3.8, 4) is 11.5 Å². The number of hydrogen-bond acceptors (Lipinski definition) is 4. The molecule has 1 saturated heterocycles. The molecule has 5 nitrogen and oxygen atoms in total. The Bertz CT molecular complexity index is 581. The molecule has 2 fully saturated rings. The molecule has 24 heavy (non-hydrogen) atoms. The van der Waals surface area contributed by atoms with E-state index in [0.29, 0.717) is 17.1 Å². The highest BCUT2D eigenvalue weighted by atomic mass is 16.5. The minimum atomic E-state index is -0.00914. The van der Waals surface area contributed by atoms with Gasteiger partial charge in [0.2, 0.25) is 0 Å². The second-order valence-electron chi connectivity index (χ2n) is 6.85. The lowest BCUT2D eigenvalue weighted by Crippen LogP contribution is -2.49. The molecule has 1 spiro atoms. The van der Waals surface area contributed by atoms with Crippen LogP contribution in [0.25, 0.3) is 0 Å². The molecular weight excluding hydrogens is 306 g/mol. The molecule has 1 aromatic rings. The summed E-state index contributed by atoms with van der Waals surface area (Å²) >= 11 is 0. The summed E-state index contributed by atoms with van der Waals surface area (Å²) in [5.41, 5.74) is 0.629. The van der Waals surface area contributed by atoms with Crippen molar-refractivity contribution in [1.82, 2.24) is 4.90 Å². The number of benzene rings is 1. The zero-order valence-electron chi connectivity index (χ0n) is 14.8. The van der Waals surface area contributed by atoms with Crippen molar-refractivity contribution in [3.63, 3.8) is 0 Å². The van der Waals surface area contributed by atoms with Gasteiger partial charge in [-0.15, -0.1) is 0 Å². The lowest BCUT2D eigenvalue weighted by atomic mass is 9.76. The molecule has 0 N–H and O–H groups in total. The largest absolute Gasteiger partial charge is 0.496 e. The van der Waals surface area contributed by atoms with E-state index in [9.17, 15) is 4.79 Å². The maximum Gasteiger partial charge on any atom is 0.261 e. The van der Waals surface area contributed by atoms with Gasteiger partial charge in [-0.2, -0.15) is 0 Å². The maximum atomic E-state index is 13.2. The molecule has 2 aliphatic rings.